The number of rotatable bonds is 8. The summed E-state index contributed by atoms with van der Waals surface area (Å²) in [6.45, 7) is 3.79. The van der Waals surface area contributed by atoms with Gasteiger partial charge in [-0.15, -0.1) is 0 Å². The molecule has 2 unspecified atom stereocenters. The largest absolute Gasteiger partial charge is 0.497 e. The lowest BCUT2D eigenvalue weighted by atomic mass is 9.71. The van der Waals surface area contributed by atoms with Crippen LogP contribution in [0.3, 0.4) is 0 Å². The number of ketones is 1. The van der Waals surface area contributed by atoms with Crippen molar-refractivity contribution in [3.8, 4) is 23.0 Å². The number of benzene rings is 2. The minimum Gasteiger partial charge on any atom is -0.497 e. The molecular weight excluding hydrogens is 534 g/mol. The molecule has 9 heteroatoms. The van der Waals surface area contributed by atoms with Crippen LogP contribution in [0.1, 0.15) is 48.3 Å². The summed E-state index contributed by atoms with van der Waals surface area (Å²) < 4.78 is 22.1. The molecule has 2 atom stereocenters. The Morgan fingerprint density at radius 2 is 1.57 bits per heavy atom. The number of ether oxygens (including phenoxy) is 4. The summed E-state index contributed by atoms with van der Waals surface area (Å²) in [6.07, 6.45) is 2.56. The van der Waals surface area contributed by atoms with Gasteiger partial charge in [-0.3, -0.25) is 9.59 Å². The summed E-state index contributed by atoms with van der Waals surface area (Å²) >= 11 is 0. The van der Waals surface area contributed by atoms with E-state index in [4.69, 9.17) is 18.9 Å². The lowest BCUT2D eigenvalue weighted by molar-refractivity contribution is -0.116. The Hall–Kier alpha value is -4.79. The Morgan fingerprint density at radius 1 is 0.881 bits per heavy atom. The van der Waals surface area contributed by atoms with Gasteiger partial charge in [0.25, 0.3) is 5.91 Å². The van der Waals surface area contributed by atoms with Gasteiger partial charge in [-0.2, -0.15) is 0 Å². The van der Waals surface area contributed by atoms with E-state index in [1.807, 2.05) is 44.2 Å². The van der Waals surface area contributed by atoms with Gasteiger partial charge in [-0.05, 0) is 79.3 Å². The molecule has 2 aromatic carbocycles. The van der Waals surface area contributed by atoms with Gasteiger partial charge in [0.05, 0.1) is 28.4 Å². The Balaban J connectivity index is 1.62. The van der Waals surface area contributed by atoms with Gasteiger partial charge in [0.2, 0.25) is 5.75 Å². The van der Waals surface area contributed by atoms with Crippen molar-refractivity contribution in [2.24, 2.45) is 0 Å². The topological polar surface area (TPSA) is 108 Å². The second-order valence-corrected chi connectivity index (χ2v) is 10.4. The predicted octanol–water partition coefficient (Wildman–Crippen LogP) is 5.42. The standard InChI is InChI=1S/C33H35N3O6/c1-18-11-12-34-28(13-18)36-33(38)29-19(2)35-24-14-21(20-7-9-23(39-3)10-8-20)15-25(37)31(24)30(29)22-16-26(40-4)32(42-6)27(17-22)41-5/h7-13,16-17,21,30,35H,14-15H2,1-6H3,(H,34,36,38). The molecule has 2 aliphatic rings. The highest BCUT2D eigenvalue weighted by Crippen LogP contribution is 2.49. The van der Waals surface area contributed by atoms with Crippen LogP contribution in [0.2, 0.25) is 0 Å². The van der Waals surface area contributed by atoms with E-state index in [2.05, 4.69) is 15.6 Å². The summed E-state index contributed by atoms with van der Waals surface area (Å²) in [5, 5.41) is 6.36. The summed E-state index contributed by atoms with van der Waals surface area (Å²) in [6, 6.07) is 15.1. The molecule has 1 aromatic heterocycles. The number of dihydropyridines is 1. The van der Waals surface area contributed by atoms with Gasteiger partial charge in [-0.1, -0.05) is 12.1 Å². The molecule has 5 rings (SSSR count). The molecule has 0 radical (unpaired) electrons. The first-order valence-corrected chi connectivity index (χ1v) is 13.7. The zero-order valence-electron chi connectivity index (χ0n) is 24.7. The fourth-order valence-electron chi connectivity index (χ4n) is 5.84. The number of hydrogen-bond acceptors (Lipinski definition) is 8. The lowest BCUT2D eigenvalue weighted by Gasteiger charge is -2.37. The second kappa shape index (κ2) is 12.0. The maximum absolute atomic E-state index is 14.1. The van der Waals surface area contributed by atoms with Crippen LogP contribution in [-0.2, 0) is 9.59 Å². The summed E-state index contributed by atoms with van der Waals surface area (Å²) in [4.78, 5) is 32.3. The third-order valence-corrected chi connectivity index (χ3v) is 7.84. The highest BCUT2D eigenvalue weighted by Gasteiger charge is 2.41. The molecule has 218 valence electrons. The number of hydrogen-bond donors (Lipinski definition) is 2. The monoisotopic (exact) mass is 569 g/mol. The lowest BCUT2D eigenvalue weighted by Crippen LogP contribution is -2.37. The van der Waals surface area contributed by atoms with E-state index in [-0.39, 0.29) is 17.6 Å². The number of aryl methyl sites for hydroxylation is 1. The normalized spacial score (nSPS) is 18.2. The minimum absolute atomic E-state index is 0.0186. The molecule has 0 spiro atoms. The summed E-state index contributed by atoms with van der Waals surface area (Å²) in [5.74, 6) is 1.41. The van der Waals surface area contributed by atoms with Crippen LogP contribution in [0.5, 0.6) is 23.0 Å². The fraction of sp³-hybridized carbons (Fsp3) is 0.303. The zero-order chi connectivity index (χ0) is 30.0. The van der Waals surface area contributed by atoms with Gasteiger partial charge in [0, 0.05) is 41.1 Å². The summed E-state index contributed by atoms with van der Waals surface area (Å²) in [7, 11) is 6.24. The number of Topliss-reactive ketones (excluding diaryl/α,β-unsaturated/α-hetero) is 1. The van der Waals surface area contributed by atoms with Crippen molar-refractivity contribution in [2.75, 3.05) is 33.8 Å². The number of nitrogens with one attached hydrogen (secondary N) is 2. The van der Waals surface area contributed by atoms with Crippen LogP contribution in [0.15, 0.2) is 77.3 Å². The van der Waals surface area contributed by atoms with Crippen LogP contribution in [0, 0.1) is 6.92 Å². The number of anilines is 1. The van der Waals surface area contributed by atoms with Crippen molar-refractivity contribution >= 4 is 17.5 Å². The third-order valence-electron chi connectivity index (χ3n) is 7.84. The van der Waals surface area contributed by atoms with Crippen LogP contribution >= 0.6 is 0 Å². The van der Waals surface area contributed by atoms with Crippen molar-refractivity contribution in [1.29, 1.82) is 0 Å². The Kier molecular flexibility index (Phi) is 8.20. The molecule has 1 aliphatic heterocycles. The zero-order valence-corrected chi connectivity index (χ0v) is 24.7. The summed E-state index contributed by atoms with van der Waals surface area (Å²) in [5.41, 5.74) is 5.12. The van der Waals surface area contributed by atoms with E-state index in [1.165, 1.54) is 21.3 Å². The van der Waals surface area contributed by atoms with Gasteiger partial charge in [0.15, 0.2) is 17.3 Å². The minimum atomic E-state index is -0.677. The number of carbonyl (C=O) groups is 2. The van der Waals surface area contributed by atoms with Gasteiger partial charge < -0.3 is 29.6 Å². The fourth-order valence-corrected chi connectivity index (χ4v) is 5.84. The number of methoxy groups -OCH3 is 4. The number of aromatic nitrogens is 1. The first-order valence-electron chi connectivity index (χ1n) is 13.7. The molecule has 1 aliphatic carbocycles. The van der Waals surface area contributed by atoms with Gasteiger partial charge in [-0.25, -0.2) is 4.98 Å². The first kappa shape index (κ1) is 28.7. The van der Waals surface area contributed by atoms with E-state index in [0.717, 1.165) is 22.6 Å². The SMILES string of the molecule is COc1ccc(C2CC(=O)C3=C(C2)NC(C)=C(C(=O)Nc2cc(C)ccn2)C3c2cc(OC)c(OC)c(OC)c2)cc1. The average molecular weight is 570 g/mol. The molecule has 0 fully saturated rings. The van der Waals surface area contributed by atoms with Crippen molar-refractivity contribution in [3.05, 3.63) is 94.0 Å². The highest BCUT2D eigenvalue weighted by atomic mass is 16.5. The third kappa shape index (κ3) is 5.42. The van der Waals surface area contributed by atoms with Crippen molar-refractivity contribution in [3.63, 3.8) is 0 Å². The Morgan fingerprint density at radius 3 is 2.17 bits per heavy atom. The molecule has 0 saturated heterocycles. The Labute approximate surface area is 245 Å². The number of allylic oxidation sites excluding steroid dienone is 3. The molecule has 0 bridgehead atoms. The number of nitrogens with zero attached hydrogens (tertiary/aromatic N) is 1. The second-order valence-electron chi connectivity index (χ2n) is 10.4. The van der Waals surface area contributed by atoms with Gasteiger partial charge in [0.1, 0.15) is 11.6 Å². The Bertz CT molecular complexity index is 1570. The van der Waals surface area contributed by atoms with Gasteiger partial charge >= 0.3 is 0 Å². The molecular formula is C33H35N3O6. The van der Waals surface area contributed by atoms with Crippen LogP contribution in [-0.4, -0.2) is 45.1 Å². The van der Waals surface area contributed by atoms with Crippen LogP contribution in [0.25, 0.3) is 0 Å². The quantitative estimate of drug-likeness (QED) is 0.370. The predicted molar refractivity (Wildman–Crippen MR) is 159 cm³/mol. The number of carbonyl (C=O) groups excluding carboxylic acids is 2. The van der Waals surface area contributed by atoms with E-state index >= 15 is 0 Å². The molecule has 42 heavy (non-hydrogen) atoms. The molecule has 0 saturated carbocycles. The van der Waals surface area contributed by atoms with E-state index < -0.39 is 5.92 Å². The number of amides is 1. The van der Waals surface area contributed by atoms with Crippen LogP contribution in [0.4, 0.5) is 5.82 Å². The first-order chi connectivity index (χ1) is 20.3. The van der Waals surface area contributed by atoms with E-state index in [1.54, 1.807) is 31.5 Å². The average Bonchev–Trinajstić information content (AvgIpc) is 2.99. The van der Waals surface area contributed by atoms with Crippen molar-refractivity contribution < 1.29 is 28.5 Å². The maximum atomic E-state index is 14.1. The smallest absolute Gasteiger partial charge is 0.255 e. The van der Waals surface area contributed by atoms with Crippen molar-refractivity contribution in [1.82, 2.24) is 10.3 Å². The molecule has 1 amide bonds. The number of pyridine rings is 1. The maximum Gasteiger partial charge on any atom is 0.255 e. The molecule has 3 aromatic rings. The van der Waals surface area contributed by atoms with Crippen LogP contribution < -0.4 is 29.6 Å². The molecule has 2 N–H and O–H groups in total. The van der Waals surface area contributed by atoms with Crippen molar-refractivity contribution in [2.45, 2.75) is 38.5 Å². The highest BCUT2D eigenvalue weighted by molar-refractivity contribution is 6.09. The van der Waals surface area contributed by atoms with E-state index in [0.29, 0.717) is 58.3 Å². The molecule has 2 heterocycles. The molecule has 9 nitrogen and oxygen atoms in total. The van der Waals surface area contributed by atoms with E-state index in [9.17, 15) is 9.59 Å².